The first-order chi connectivity index (χ1) is 10.3. The van der Waals surface area contributed by atoms with Crippen LogP contribution in [0, 0.1) is 12.8 Å². The maximum Gasteiger partial charge on any atom is 0.270 e. The summed E-state index contributed by atoms with van der Waals surface area (Å²) >= 11 is 0. The Morgan fingerprint density at radius 3 is 2.81 bits per heavy atom. The molecule has 0 spiro atoms. The van der Waals surface area contributed by atoms with Crippen molar-refractivity contribution in [2.45, 2.75) is 45.4 Å². The molecule has 4 heteroatoms. The summed E-state index contributed by atoms with van der Waals surface area (Å²) < 4.78 is 1.87. The van der Waals surface area contributed by atoms with E-state index >= 15 is 0 Å². The van der Waals surface area contributed by atoms with Gasteiger partial charge in [-0.05, 0) is 37.8 Å². The van der Waals surface area contributed by atoms with Crippen molar-refractivity contribution in [3.63, 3.8) is 0 Å². The van der Waals surface area contributed by atoms with Crippen LogP contribution in [0.15, 0.2) is 24.4 Å². The zero-order valence-electron chi connectivity index (χ0n) is 12.6. The van der Waals surface area contributed by atoms with Gasteiger partial charge in [-0.3, -0.25) is 9.20 Å². The third-order valence-electron chi connectivity index (χ3n) is 4.45. The molecule has 0 aliphatic heterocycles. The molecule has 2 aromatic rings. The van der Waals surface area contributed by atoms with E-state index in [0.717, 1.165) is 17.9 Å². The van der Waals surface area contributed by atoms with Crippen LogP contribution in [-0.4, -0.2) is 21.8 Å². The Balaban J connectivity index is 1.70. The van der Waals surface area contributed by atoms with Gasteiger partial charge >= 0.3 is 0 Å². The van der Waals surface area contributed by atoms with Crippen LogP contribution in [0.1, 0.15) is 54.7 Å². The van der Waals surface area contributed by atoms with Crippen molar-refractivity contribution in [1.29, 1.82) is 0 Å². The fourth-order valence-electron chi connectivity index (χ4n) is 3.28. The molecule has 1 aliphatic rings. The topological polar surface area (TPSA) is 46.4 Å². The van der Waals surface area contributed by atoms with E-state index in [-0.39, 0.29) is 5.91 Å². The molecule has 0 saturated heterocycles. The van der Waals surface area contributed by atoms with Crippen LogP contribution in [0.3, 0.4) is 0 Å². The van der Waals surface area contributed by atoms with E-state index in [1.807, 2.05) is 35.7 Å². The number of carbonyl (C=O) groups is 1. The Kier molecular flexibility index (Phi) is 4.23. The molecule has 1 fully saturated rings. The summed E-state index contributed by atoms with van der Waals surface area (Å²) in [7, 11) is 0. The molecule has 112 valence electrons. The Labute approximate surface area is 125 Å². The van der Waals surface area contributed by atoms with Crippen molar-refractivity contribution in [2.24, 2.45) is 5.92 Å². The number of fused-ring (bicyclic) bond motifs is 1. The predicted octanol–water partition coefficient (Wildman–Crippen LogP) is 3.34. The predicted molar refractivity (Wildman–Crippen MR) is 83.5 cm³/mol. The number of rotatable bonds is 3. The van der Waals surface area contributed by atoms with Gasteiger partial charge in [0.25, 0.3) is 5.91 Å². The third kappa shape index (κ3) is 3.09. The van der Waals surface area contributed by atoms with Crippen molar-refractivity contribution in [2.75, 3.05) is 6.54 Å². The van der Waals surface area contributed by atoms with Crippen molar-refractivity contribution in [1.82, 2.24) is 14.7 Å². The number of imidazole rings is 1. The number of hydrogen-bond donors (Lipinski definition) is 1. The number of pyridine rings is 1. The molecule has 0 unspecified atom stereocenters. The van der Waals surface area contributed by atoms with E-state index < -0.39 is 0 Å². The van der Waals surface area contributed by atoms with Crippen molar-refractivity contribution < 1.29 is 4.79 Å². The van der Waals surface area contributed by atoms with Gasteiger partial charge in [0, 0.05) is 12.7 Å². The summed E-state index contributed by atoms with van der Waals surface area (Å²) in [6.07, 6.45) is 9.67. The van der Waals surface area contributed by atoms with Gasteiger partial charge in [0.15, 0.2) is 0 Å². The first-order valence-corrected chi connectivity index (χ1v) is 7.97. The zero-order valence-corrected chi connectivity index (χ0v) is 12.6. The van der Waals surface area contributed by atoms with Crippen LogP contribution < -0.4 is 5.32 Å². The fraction of sp³-hybridized carbons (Fsp3) is 0.529. The van der Waals surface area contributed by atoms with Gasteiger partial charge in [-0.1, -0.05) is 31.7 Å². The monoisotopic (exact) mass is 285 g/mol. The number of carbonyl (C=O) groups excluding carboxylic acids is 1. The minimum absolute atomic E-state index is 0.00422. The molecule has 0 aromatic carbocycles. The Morgan fingerprint density at radius 2 is 2.05 bits per heavy atom. The number of amides is 1. The van der Waals surface area contributed by atoms with Crippen molar-refractivity contribution in [3.05, 3.63) is 35.8 Å². The smallest absolute Gasteiger partial charge is 0.270 e. The van der Waals surface area contributed by atoms with Crippen LogP contribution in [0.5, 0.6) is 0 Å². The van der Waals surface area contributed by atoms with Gasteiger partial charge in [0.2, 0.25) is 0 Å². The van der Waals surface area contributed by atoms with Gasteiger partial charge < -0.3 is 5.32 Å². The molecule has 4 nitrogen and oxygen atoms in total. The maximum atomic E-state index is 12.5. The highest BCUT2D eigenvalue weighted by Crippen LogP contribution is 2.22. The molecule has 0 bridgehead atoms. The molecule has 0 radical (unpaired) electrons. The maximum absolute atomic E-state index is 12.5. The average molecular weight is 285 g/mol. The fourth-order valence-corrected chi connectivity index (χ4v) is 3.28. The lowest BCUT2D eigenvalue weighted by Gasteiger charge is -2.14. The van der Waals surface area contributed by atoms with E-state index in [0.29, 0.717) is 11.6 Å². The SMILES string of the molecule is Cc1nc2ccccn2c1C(=O)NCC1CCCCCC1. The highest BCUT2D eigenvalue weighted by atomic mass is 16.1. The van der Waals surface area contributed by atoms with Crippen LogP contribution in [0.2, 0.25) is 0 Å². The molecule has 0 atom stereocenters. The van der Waals surface area contributed by atoms with Crippen LogP contribution in [0.4, 0.5) is 0 Å². The second kappa shape index (κ2) is 6.29. The van der Waals surface area contributed by atoms with Crippen LogP contribution in [-0.2, 0) is 0 Å². The van der Waals surface area contributed by atoms with Crippen molar-refractivity contribution in [3.8, 4) is 0 Å². The summed E-state index contributed by atoms with van der Waals surface area (Å²) in [6, 6.07) is 5.79. The highest BCUT2D eigenvalue weighted by molar-refractivity contribution is 5.94. The quantitative estimate of drug-likeness (QED) is 0.879. The first-order valence-electron chi connectivity index (χ1n) is 7.97. The summed E-state index contributed by atoms with van der Waals surface area (Å²) in [5, 5.41) is 3.12. The molecule has 1 aliphatic carbocycles. The van der Waals surface area contributed by atoms with Gasteiger partial charge in [-0.25, -0.2) is 4.98 Å². The molecule has 1 saturated carbocycles. The Bertz CT molecular complexity index is 624. The lowest BCUT2D eigenvalue weighted by molar-refractivity contribution is 0.0939. The summed E-state index contributed by atoms with van der Waals surface area (Å²) in [5.74, 6) is 0.631. The Hall–Kier alpha value is -1.84. The number of aryl methyl sites for hydroxylation is 1. The Morgan fingerprint density at radius 1 is 1.29 bits per heavy atom. The van der Waals surface area contributed by atoms with Gasteiger partial charge in [0.05, 0.1) is 5.69 Å². The second-order valence-electron chi connectivity index (χ2n) is 6.04. The van der Waals surface area contributed by atoms with Gasteiger partial charge in [-0.2, -0.15) is 0 Å². The zero-order chi connectivity index (χ0) is 14.7. The summed E-state index contributed by atoms with van der Waals surface area (Å²) in [5.41, 5.74) is 2.29. The minimum Gasteiger partial charge on any atom is -0.350 e. The number of hydrogen-bond acceptors (Lipinski definition) is 2. The summed E-state index contributed by atoms with van der Waals surface area (Å²) in [4.78, 5) is 16.9. The molecule has 1 N–H and O–H groups in total. The molecular weight excluding hydrogens is 262 g/mol. The molecule has 1 amide bonds. The molecule has 3 rings (SSSR count). The standard InChI is InChI=1S/C17H23N3O/c1-13-16(20-11-7-6-10-15(20)19-13)17(21)18-12-14-8-4-2-3-5-9-14/h6-7,10-11,14H,2-5,8-9,12H2,1H3,(H,18,21). The minimum atomic E-state index is -0.00422. The van der Waals surface area contributed by atoms with E-state index in [1.54, 1.807) is 0 Å². The molecule has 21 heavy (non-hydrogen) atoms. The lowest BCUT2D eigenvalue weighted by Crippen LogP contribution is -2.30. The third-order valence-corrected chi connectivity index (χ3v) is 4.45. The number of nitrogens with zero attached hydrogens (tertiary/aromatic N) is 2. The van der Waals surface area contributed by atoms with E-state index in [4.69, 9.17) is 0 Å². The van der Waals surface area contributed by atoms with Crippen LogP contribution in [0.25, 0.3) is 5.65 Å². The first kappa shape index (κ1) is 14.1. The van der Waals surface area contributed by atoms with E-state index in [9.17, 15) is 4.79 Å². The number of aromatic nitrogens is 2. The van der Waals surface area contributed by atoms with Crippen LogP contribution >= 0.6 is 0 Å². The highest BCUT2D eigenvalue weighted by Gasteiger charge is 2.18. The molecular formula is C17H23N3O. The van der Waals surface area contributed by atoms with Gasteiger partial charge in [-0.15, -0.1) is 0 Å². The molecule has 2 aromatic heterocycles. The summed E-state index contributed by atoms with van der Waals surface area (Å²) in [6.45, 7) is 2.69. The largest absolute Gasteiger partial charge is 0.350 e. The number of nitrogens with one attached hydrogen (secondary N) is 1. The lowest BCUT2D eigenvalue weighted by atomic mass is 10.0. The molecule has 2 heterocycles. The average Bonchev–Trinajstić information content (AvgIpc) is 2.65. The van der Waals surface area contributed by atoms with E-state index in [1.165, 1.54) is 38.5 Å². The normalized spacial score (nSPS) is 16.8. The van der Waals surface area contributed by atoms with E-state index in [2.05, 4.69) is 10.3 Å². The van der Waals surface area contributed by atoms with Crippen molar-refractivity contribution >= 4 is 11.6 Å². The van der Waals surface area contributed by atoms with Gasteiger partial charge in [0.1, 0.15) is 11.3 Å². The second-order valence-corrected chi connectivity index (χ2v) is 6.04.